The van der Waals surface area contributed by atoms with Gasteiger partial charge in [0.05, 0.1) is 0 Å². The van der Waals surface area contributed by atoms with E-state index in [-0.39, 0.29) is 0 Å². The highest BCUT2D eigenvalue weighted by atomic mass is 15.0. The van der Waals surface area contributed by atoms with Crippen LogP contribution in [0.15, 0.2) is 24.3 Å². The van der Waals surface area contributed by atoms with E-state index >= 15 is 0 Å². The standard InChI is InChI=1S/C17H28N2/c1-3-15-8-10-16(11-9-15)19-14(2)13-17-7-5-4-6-12-18-17/h8-11,14,17-19H,3-7,12-13H2,1-2H3. The molecule has 0 bridgehead atoms. The molecule has 0 radical (unpaired) electrons. The Morgan fingerprint density at radius 2 is 2.00 bits per heavy atom. The van der Waals surface area contributed by atoms with E-state index in [1.165, 1.54) is 49.9 Å². The Morgan fingerprint density at radius 1 is 1.21 bits per heavy atom. The van der Waals surface area contributed by atoms with Crippen LogP contribution in [0.25, 0.3) is 0 Å². The average molecular weight is 260 g/mol. The SMILES string of the molecule is CCc1ccc(NC(C)CC2CCCCCN2)cc1. The highest BCUT2D eigenvalue weighted by molar-refractivity contribution is 5.45. The highest BCUT2D eigenvalue weighted by Crippen LogP contribution is 2.16. The van der Waals surface area contributed by atoms with Gasteiger partial charge in [-0.05, 0) is 56.8 Å². The Labute approximate surface area is 118 Å². The fraction of sp³-hybridized carbons (Fsp3) is 0.647. The molecule has 2 nitrogen and oxygen atoms in total. The monoisotopic (exact) mass is 260 g/mol. The van der Waals surface area contributed by atoms with E-state index in [1.54, 1.807) is 0 Å². The lowest BCUT2D eigenvalue weighted by molar-refractivity contribution is 0.456. The third kappa shape index (κ3) is 4.87. The first kappa shape index (κ1) is 14.4. The van der Waals surface area contributed by atoms with E-state index in [0.29, 0.717) is 12.1 Å². The number of rotatable bonds is 5. The molecule has 1 saturated heterocycles. The molecule has 2 unspecified atom stereocenters. The Kier molecular flexibility index (Phi) is 5.71. The second-order valence-corrected chi connectivity index (χ2v) is 5.83. The number of hydrogen-bond acceptors (Lipinski definition) is 2. The Bertz CT molecular complexity index is 350. The molecule has 1 heterocycles. The molecular weight excluding hydrogens is 232 g/mol. The smallest absolute Gasteiger partial charge is 0.0342 e. The second-order valence-electron chi connectivity index (χ2n) is 5.83. The van der Waals surface area contributed by atoms with Gasteiger partial charge in [0.25, 0.3) is 0 Å². The minimum absolute atomic E-state index is 0.531. The molecule has 0 saturated carbocycles. The van der Waals surface area contributed by atoms with Gasteiger partial charge in [-0.25, -0.2) is 0 Å². The fourth-order valence-corrected chi connectivity index (χ4v) is 2.91. The largest absolute Gasteiger partial charge is 0.383 e. The summed E-state index contributed by atoms with van der Waals surface area (Å²) in [6.45, 7) is 5.69. The first-order valence-electron chi connectivity index (χ1n) is 7.87. The molecule has 19 heavy (non-hydrogen) atoms. The van der Waals surface area contributed by atoms with Crippen LogP contribution in [0, 0.1) is 0 Å². The fourth-order valence-electron chi connectivity index (χ4n) is 2.91. The lowest BCUT2D eigenvalue weighted by Gasteiger charge is -2.22. The minimum atomic E-state index is 0.531. The van der Waals surface area contributed by atoms with Crippen molar-refractivity contribution in [2.24, 2.45) is 0 Å². The quantitative estimate of drug-likeness (QED) is 0.837. The van der Waals surface area contributed by atoms with E-state index in [0.717, 1.165) is 6.42 Å². The molecular formula is C17H28N2. The van der Waals surface area contributed by atoms with Crippen LogP contribution in [0.1, 0.15) is 51.5 Å². The summed E-state index contributed by atoms with van der Waals surface area (Å²) >= 11 is 0. The van der Waals surface area contributed by atoms with Crippen LogP contribution >= 0.6 is 0 Å². The summed E-state index contributed by atoms with van der Waals surface area (Å²) in [6, 6.07) is 10.1. The molecule has 2 heteroatoms. The molecule has 106 valence electrons. The maximum atomic E-state index is 3.68. The van der Waals surface area contributed by atoms with E-state index in [1.807, 2.05) is 0 Å². The number of hydrogen-bond donors (Lipinski definition) is 2. The first-order valence-corrected chi connectivity index (χ1v) is 7.87. The van der Waals surface area contributed by atoms with Crippen LogP contribution in [0.2, 0.25) is 0 Å². The zero-order chi connectivity index (χ0) is 13.5. The summed E-state index contributed by atoms with van der Waals surface area (Å²) in [7, 11) is 0. The van der Waals surface area contributed by atoms with Gasteiger partial charge < -0.3 is 10.6 Å². The first-order chi connectivity index (χ1) is 9.28. The number of benzene rings is 1. The number of nitrogens with one attached hydrogen (secondary N) is 2. The number of aryl methyl sites for hydroxylation is 1. The molecule has 0 aliphatic carbocycles. The molecule has 1 aromatic rings. The van der Waals surface area contributed by atoms with Crippen molar-refractivity contribution in [1.29, 1.82) is 0 Å². The van der Waals surface area contributed by atoms with Crippen LogP contribution in [-0.2, 0) is 6.42 Å². The van der Waals surface area contributed by atoms with Gasteiger partial charge in [-0.3, -0.25) is 0 Å². The summed E-state index contributed by atoms with van der Waals surface area (Å²) in [5.74, 6) is 0. The van der Waals surface area contributed by atoms with Gasteiger partial charge in [0.1, 0.15) is 0 Å². The third-order valence-corrected chi connectivity index (χ3v) is 4.08. The number of anilines is 1. The van der Waals surface area contributed by atoms with Gasteiger partial charge in [0, 0.05) is 17.8 Å². The molecule has 0 spiro atoms. The van der Waals surface area contributed by atoms with Crippen molar-refractivity contribution >= 4 is 5.69 Å². The van der Waals surface area contributed by atoms with Crippen molar-refractivity contribution in [2.75, 3.05) is 11.9 Å². The van der Waals surface area contributed by atoms with Crippen LogP contribution in [-0.4, -0.2) is 18.6 Å². The van der Waals surface area contributed by atoms with Crippen LogP contribution in [0.4, 0.5) is 5.69 Å². The van der Waals surface area contributed by atoms with E-state index in [2.05, 4.69) is 48.7 Å². The normalized spacial score (nSPS) is 21.7. The van der Waals surface area contributed by atoms with E-state index in [9.17, 15) is 0 Å². The maximum absolute atomic E-state index is 3.68. The molecule has 2 rings (SSSR count). The topological polar surface area (TPSA) is 24.1 Å². The van der Waals surface area contributed by atoms with Gasteiger partial charge in [-0.15, -0.1) is 0 Å². The molecule has 2 N–H and O–H groups in total. The Morgan fingerprint density at radius 3 is 2.74 bits per heavy atom. The second kappa shape index (κ2) is 7.54. The van der Waals surface area contributed by atoms with Crippen molar-refractivity contribution in [3.8, 4) is 0 Å². The lowest BCUT2D eigenvalue weighted by atomic mass is 10.0. The average Bonchev–Trinajstić information content (AvgIpc) is 2.68. The van der Waals surface area contributed by atoms with Crippen molar-refractivity contribution in [1.82, 2.24) is 5.32 Å². The summed E-state index contributed by atoms with van der Waals surface area (Å²) in [6.07, 6.45) is 7.79. The van der Waals surface area contributed by atoms with Crippen molar-refractivity contribution in [3.63, 3.8) is 0 Å². The zero-order valence-corrected chi connectivity index (χ0v) is 12.4. The van der Waals surface area contributed by atoms with Crippen molar-refractivity contribution < 1.29 is 0 Å². The predicted molar refractivity (Wildman–Crippen MR) is 83.8 cm³/mol. The highest BCUT2D eigenvalue weighted by Gasteiger charge is 2.14. The van der Waals surface area contributed by atoms with E-state index < -0.39 is 0 Å². The van der Waals surface area contributed by atoms with Gasteiger partial charge in [-0.2, -0.15) is 0 Å². The van der Waals surface area contributed by atoms with Gasteiger partial charge >= 0.3 is 0 Å². The molecule has 1 aliphatic heterocycles. The van der Waals surface area contributed by atoms with Gasteiger partial charge in [0.2, 0.25) is 0 Å². The molecule has 1 aliphatic rings. The third-order valence-electron chi connectivity index (χ3n) is 4.08. The van der Waals surface area contributed by atoms with Crippen molar-refractivity contribution in [3.05, 3.63) is 29.8 Å². The molecule has 1 aromatic carbocycles. The Hall–Kier alpha value is -1.02. The lowest BCUT2D eigenvalue weighted by Crippen LogP contribution is -2.33. The summed E-state index contributed by atoms with van der Waals surface area (Å²) < 4.78 is 0. The minimum Gasteiger partial charge on any atom is -0.383 e. The molecule has 0 amide bonds. The molecule has 0 aromatic heterocycles. The molecule has 1 fully saturated rings. The van der Waals surface area contributed by atoms with Crippen LogP contribution in [0.3, 0.4) is 0 Å². The van der Waals surface area contributed by atoms with Gasteiger partial charge in [-0.1, -0.05) is 31.9 Å². The van der Waals surface area contributed by atoms with Crippen molar-refractivity contribution in [2.45, 2.75) is 64.5 Å². The van der Waals surface area contributed by atoms with E-state index in [4.69, 9.17) is 0 Å². The molecule has 2 atom stereocenters. The Balaban J connectivity index is 1.80. The van der Waals surface area contributed by atoms with Crippen LogP contribution in [0.5, 0.6) is 0 Å². The zero-order valence-electron chi connectivity index (χ0n) is 12.4. The summed E-state index contributed by atoms with van der Waals surface area (Å²) in [4.78, 5) is 0. The van der Waals surface area contributed by atoms with Gasteiger partial charge in [0.15, 0.2) is 0 Å². The van der Waals surface area contributed by atoms with Crippen LogP contribution < -0.4 is 10.6 Å². The summed E-state index contributed by atoms with van der Waals surface area (Å²) in [5, 5.41) is 7.30. The summed E-state index contributed by atoms with van der Waals surface area (Å²) in [5.41, 5.74) is 2.65. The predicted octanol–water partition coefficient (Wildman–Crippen LogP) is 3.97. The maximum Gasteiger partial charge on any atom is 0.0342 e.